The molecule has 1 aromatic heterocycles. The van der Waals surface area contributed by atoms with Gasteiger partial charge in [-0.1, -0.05) is 31.5 Å². The van der Waals surface area contributed by atoms with Crippen LogP contribution in [0.25, 0.3) is 0 Å². The number of nitrogen functional groups attached to an aromatic ring is 1. The minimum atomic E-state index is -0.451. The van der Waals surface area contributed by atoms with Gasteiger partial charge in [-0.3, -0.25) is 14.3 Å². The van der Waals surface area contributed by atoms with E-state index in [2.05, 4.69) is 4.98 Å². The number of benzene rings is 1. The van der Waals surface area contributed by atoms with Crippen molar-refractivity contribution in [1.29, 1.82) is 0 Å². The van der Waals surface area contributed by atoms with Crippen molar-refractivity contribution < 1.29 is 4.74 Å². The number of hydrogen-bond donors (Lipinski definition) is 2. The van der Waals surface area contributed by atoms with E-state index in [1.54, 1.807) is 0 Å². The Kier molecular flexibility index (Phi) is 7.32. The van der Waals surface area contributed by atoms with Gasteiger partial charge in [0.1, 0.15) is 17.3 Å². The summed E-state index contributed by atoms with van der Waals surface area (Å²) in [6.45, 7) is 6.26. The van der Waals surface area contributed by atoms with Crippen molar-refractivity contribution in [2.45, 2.75) is 39.7 Å². The second-order valence-electron chi connectivity index (χ2n) is 6.09. The van der Waals surface area contributed by atoms with Gasteiger partial charge in [-0.05, 0) is 31.9 Å². The highest BCUT2D eigenvalue weighted by Crippen LogP contribution is 2.17. The maximum atomic E-state index is 12.3. The lowest BCUT2D eigenvalue weighted by Gasteiger charge is -2.24. The summed E-state index contributed by atoms with van der Waals surface area (Å²) in [6, 6.07) is 9.60. The maximum Gasteiger partial charge on any atom is 0.330 e. The summed E-state index contributed by atoms with van der Waals surface area (Å²) in [4.78, 5) is 28.6. The first-order chi connectivity index (χ1) is 12.6. The molecule has 0 fully saturated rings. The standard InChI is InChI=1S/C19H28N4O3/c1-3-5-13-23-17(20)16(18(24)21-19(23)25)22(4-2)12-9-14-26-15-10-7-6-8-11-15/h6-8,10-11H,3-5,9,12-14,20H2,1-2H3,(H,21,24,25). The predicted molar refractivity (Wildman–Crippen MR) is 105 cm³/mol. The van der Waals surface area contributed by atoms with Crippen LogP contribution in [0.3, 0.4) is 0 Å². The molecule has 0 amide bonds. The van der Waals surface area contributed by atoms with Crippen molar-refractivity contribution in [3.8, 4) is 5.75 Å². The molecule has 7 nitrogen and oxygen atoms in total. The Morgan fingerprint density at radius 3 is 2.54 bits per heavy atom. The lowest BCUT2D eigenvalue weighted by atomic mass is 10.3. The molecule has 0 saturated heterocycles. The second-order valence-corrected chi connectivity index (χ2v) is 6.09. The molecule has 0 bridgehead atoms. The summed E-state index contributed by atoms with van der Waals surface area (Å²) < 4.78 is 7.14. The van der Waals surface area contributed by atoms with Crippen molar-refractivity contribution in [1.82, 2.24) is 9.55 Å². The Labute approximate surface area is 153 Å². The van der Waals surface area contributed by atoms with Crippen molar-refractivity contribution in [2.75, 3.05) is 30.3 Å². The van der Waals surface area contributed by atoms with Crippen molar-refractivity contribution in [3.05, 3.63) is 51.2 Å². The van der Waals surface area contributed by atoms with E-state index in [0.29, 0.717) is 31.9 Å². The molecule has 26 heavy (non-hydrogen) atoms. The quantitative estimate of drug-likeness (QED) is 0.634. The number of rotatable bonds is 10. The third-order valence-corrected chi connectivity index (χ3v) is 4.23. The van der Waals surface area contributed by atoms with Gasteiger partial charge >= 0.3 is 5.69 Å². The highest BCUT2D eigenvalue weighted by atomic mass is 16.5. The number of hydrogen-bond acceptors (Lipinski definition) is 5. The second kappa shape index (κ2) is 9.70. The molecule has 7 heteroatoms. The minimum Gasteiger partial charge on any atom is -0.494 e. The van der Waals surface area contributed by atoms with Crippen LogP contribution in [-0.2, 0) is 6.54 Å². The Morgan fingerprint density at radius 1 is 1.15 bits per heavy atom. The van der Waals surface area contributed by atoms with Crippen molar-refractivity contribution >= 4 is 11.5 Å². The van der Waals surface area contributed by atoms with Crippen LogP contribution in [0.1, 0.15) is 33.1 Å². The van der Waals surface area contributed by atoms with Crippen LogP contribution in [0.15, 0.2) is 39.9 Å². The fourth-order valence-electron chi connectivity index (χ4n) is 2.81. The largest absolute Gasteiger partial charge is 0.494 e. The SMILES string of the molecule is CCCCn1c(N)c(N(CC)CCCOc2ccccc2)c(=O)[nH]c1=O. The molecule has 0 saturated carbocycles. The third kappa shape index (κ3) is 4.91. The summed E-state index contributed by atoms with van der Waals surface area (Å²) in [5, 5.41) is 0. The molecule has 1 heterocycles. The van der Waals surface area contributed by atoms with E-state index < -0.39 is 11.2 Å². The number of unbranched alkanes of at least 4 members (excludes halogenated alkanes) is 1. The molecule has 0 aliphatic rings. The molecule has 3 N–H and O–H groups in total. The number of nitrogens with two attached hydrogens (primary N) is 1. The fourth-order valence-corrected chi connectivity index (χ4v) is 2.81. The van der Waals surface area contributed by atoms with E-state index in [4.69, 9.17) is 10.5 Å². The van der Waals surface area contributed by atoms with Gasteiger partial charge in [-0.25, -0.2) is 4.79 Å². The fraction of sp³-hybridized carbons (Fsp3) is 0.474. The number of H-pyrrole nitrogens is 1. The van der Waals surface area contributed by atoms with E-state index >= 15 is 0 Å². The van der Waals surface area contributed by atoms with Crippen LogP contribution in [-0.4, -0.2) is 29.2 Å². The van der Waals surface area contributed by atoms with Gasteiger partial charge in [0.2, 0.25) is 0 Å². The van der Waals surface area contributed by atoms with Crippen LogP contribution >= 0.6 is 0 Å². The first-order valence-electron chi connectivity index (χ1n) is 9.13. The van der Waals surface area contributed by atoms with Gasteiger partial charge in [-0.15, -0.1) is 0 Å². The predicted octanol–water partition coefficient (Wildman–Crippen LogP) is 2.21. The van der Waals surface area contributed by atoms with Gasteiger partial charge in [0.25, 0.3) is 5.56 Å². The Morgan fingerprint density at radius 2 is 1.88 bits per heavy atom. The molecule has 2 rings (SSSR count). The summed E-state index contributed by atoms with van der Waals surface area (Å²) in [7, 11) is 0. The van der Waals surface area contributed by atoms with Gasteiger partial charge < -0.3 is 15.4 Å². The number of aromatic nitrogens is 2. The van der Waals surface area contributed by atoms with Crippen LogP contribution in [0, 0.1) is 0 Å². The molecule has 0 radical (unpaired) electrons. The maximum absolute atomic E-state index is 12.3. The molecular formula is C19H28N4O3. The van der Waals surface area contributed by atoms with E-state index in [0.717, 1.165) is 25.0 Å². The van der Waals surface area contributed by atoms with Crippen molar-refractivity contribution in [3.63, 3.8) is 0 Å². The van der Waals surface area contributed by atoms with Crippen molar-refractivity contribution in [2.24, 2.45) is 0 Å². The first-order valence-corrected chi connectivity index (χ1v) is 9.13. The lowest BCUT2D eigenvalue weighted by Crippen LogP contribution is -2.39. The van der Waals surface area contributed by atoms with E-state index in [9.17, 15) is 9.59 Å². The van der Waals surface area contributed by atoms with Crippen LogP contribution in [0.5, 0.6) is 5.75 Å². The highest BCUT2D eigenvalue weighted by Gasteiger charge is 2.17. The van der Waals surface area contributed by atoms with E-state index in [-0.39, 0.29) is 5.82 Å². The Bertz CT molecular complexity index is 799. The Hall–Kier alpha value is -2.70. The summed E-state index contributed by atoms with van der Waals surface area (Å²) in [5.74, 6) is 1.05. The molecule has 0 spiro atoms. The number of aromatic amines is 1. The zero-order chi connectivity index (χ0) is 18.9. The lowest BCUT2D eigenvalue weighted by molar-refractivity contribution is 0.312. The number of nitrogens with one attached hydrogen (secondary N) is 1. The average molecular weight is 360 g/mol. The first kappa shape index (κ1) is 19.6. The van der Waals surface area contributed by atoms with Gasteiger partial charge in [0, 0.05) is 19.6 Å². The zero-order valence-corrected chi connectivity index (χ0v) is 15.5. The van der Waals surface area contributed by atoms with Gasteiger partial charge in [0.05, 0.1) is 6.61 Å². The minimum absolute atomic E-state index is 0.234. The third-order valence-electron chi connectivity index (χ3n) is 4.23. The Balaban J connectivity index is 2.08. The molecule has 0 unspecified atom stereocenters. The summed E-state index contributed by atoms with van der Waals surface area (Å²) in [6.07, 6.45) is 2.50. The van der Waals surface area contributed by atoms with Crippen LogP contribution in [0.2, 0.25) is 0 Å². The smallest absolute Gasteiger partial charge is 0.330 e. The molecule has 2 aromatic rings. The molecule has 1 aromatic carbocycles. The van der Waals surface area contributed by atoms with Gasteiger partial charge in [0.15, 0.2) is 0 Å². The number of anilines is 2. The zero-order valence-electron chi connectivity index (χ0n) is 15.5. The number of ether oxygens (including phenoxy) is 1. The average Bonchev–Trinajstić information content (AvgIpc) is 2.64. The molecule has 0 aliphatic heterocycles. The van der Waals surface area contributed by atoms with Gasteiger partial charge in [-0.2, -0.15) is 0 Å². The molecule has 142 valence electrons. The normalized spacial score (nSPS) is 10.7. The monoisotopic (exact) mass is 360 g/mol. The van der Waals surface area contributed by atoms with E-state index in [1.807, 2.05) is 49.1 Å². The number of para-hydroxylation sites is 1. The topological polar surface area (TPSA) is 93.3 Å². The highest BCUT2D eigenvalue weighted by molar-refractivity contribution is 5.62. The summed E-state index contributed by atoms with van der Waals surface area (Å²) in [5.41, 5.74) is 5.64. The summed E-state index contributed by atoms with van der Waals surface area (Å²) >= 11 is 0. The molecular weight excluding hydrogens is 332 g/mol. The molecule has 0 aliphatic carbocycles. The van der Waals surface area contributed by atoms with Crippen LogP contribution < -0.4 is 26.6 Å². The number of nitrogens with zero attached hydrogens (tertiary/aromatic N) is 2. The molecule has 0 atom stereocenters. The van der Waals surface area contributed by atoms with E-state index in [1.165, 1.54) is 4.57 Å². The van der Waals surface area contributed by atoms with Crippen LogP contribution in [0.4, 0.5) is 11.5 Å².